The van der Waals surface area contributed by atoms with Crippen LogP contribution in [-0.2, 0) is 26.5 Å². The maximum absolute atomic E-state index is 12.9. The fraction of sp³-hybridized carbons (Fsp3) is 0.486. The van der Waals surface area contributed by atoms with E-state index in [9.17, 15) is 30.0 Å². The number of carbonyl (C=O) groups excluding carboxylic acids is 2. The number of halogens is 1. The molecule has 2 saturated carbocycles. The zero-order valence-corrected chi connectivity index (χ0v) is 30.1. The fourth-order valence-corrected chi connectivity index (χ4v) is 6.79. The monoisotopic (exact) mass is 743 g/mol. The summed E-state index contributed by atoms with van der Waals surface area (Å²) in [6, 6.07) is 15.9. The average Bonchev–Trinajstić information content (AvgIpc) is 4.09. The van der Waals surface area contributed by atoms with Crippen LogP contribution in [0.4, 0.5) is 0 Å². The van der Waals surface area contributed by atoms with E-state index < -0.39 is 48.4 Å². The van der Waals surface area contributed by atoms with Crippen LogP contribution in [0.25, 0.3) is 11.1 Å². The van der Waals surface area contributed by atoms with E-state index in [1.807, 2.05) is 48.7 Å². The first kappa shape index (κ1) is 38.9. The number of hydrogen-bond donors (Lipinski definition) is 6. The van der Waals surface area contributed by atoms with Crippen molar-refractivity contribution in [1.82, 2.24) is 15.2 Å². The van der Waals surface area contributed by atoms with E-state index in [1.165, 1.54) is 6.92 Å². The van der Waals surface area contributed by atoms with Gasteiger partial charge in [0.1, 0.15) is 24.1 Å². The van der Waals surface area contributed by atoms with Crippen molar-refractivity contribution < 1.29 is 44.6 Å². The van der Waals surface area contributed by atoms with Crippen LogP contribution in [-0.4, -0.2) is 103 Å². The molecule has 2 amide bonds. The second-order valence-electron chi connectivity index (χ2n) is 13.0. The number of pyridine rings is 1. The zero-order chi connectivity index (χ0) is 36.5. The van der Waals surface area contributed by atoms with Crippen molar-refractivity contribution in [2.75, 3.05) is 25.6 Å². The number of nitrogens with zero attached hydrogens (tertiary/aromatic N) is 2. The summed E-state index contributed by atoms with van der Waals surface area (Å²) in [5.74, 6) is 0.239. The van der Waals surface area contributed by atoms with Crippen molar-refractivity contribution in [2.45, 2.75) is 93.1 Å². The lowest BCUT2D eigenvalue weighted by molar-refractivity contribution is -0.158. The number of amides is 2. The molecule has 2 aromatic carbocycles. The number of thioether (sulfide) groups is 1. The highest BCUT2D eigenvalue weighted by atomic mass is 35.5. The first-order valence-corrected chi connectivity index (χ1v) is 18.5. The van der Waals surface area contributed by atoms with Gasteiger partial charge in [0.05, 0.1) is 31.6 Å². The van der Waals surface area contributed by atoms with E-state index in [0.29, 0.717) is 30.2 Å². The van der Waals surface area contributed by atoms with Crippen LogP contribution >= 0.6 is 23.4 Å². The summed E-state index contributed by atoms with van der Waals surface area (Å²) >= 11 is 8.23. The molecule has 1 heterocycles. The predicted molar refractivity (Wildman–Crippen MR) is 192 cm³/mol. The standard InChI is InChI=1S/C37H46ClN3O9S/c1-23(43)40-22-41(36(48)35(47)34(46)33(45)31(44)20-42)16-4-5-17-51-26-10-11-30(38)24(18-26)21-49-37(13-14-37)29-19-39-15-12-27(29)28-6-2-3-7-32(28)50-25-8-9-25/h2-3,6-7,10-12,15,18-19,25,31,33-35,42,44-47H,4-5,8-9,13-14,16-17,20-22H2,1H3,(H,40,43)/t31-,33+,34-,35-/m0/s1. The molecule has 14 heteroatoms. The number of aliphatic hydroxyl groups is 5. The highest BCUT2D eigenvalue weighted by Crippen LogP contribution is 2.53. The summed E-state index contributed by atoms with van der Waals surface area (Å²) < 4.78 is 12.9. The van der Waals surface area contributed by atoms with Crippen molar-refractivity contribution in [3.63, 3.8) is 0 Å². The molecule has 5 rings (SSSR count). The molecule has 2 fully saturated rings. The number of unbranched alkanes of at least 4 members (excludes halogenated alkanes) is 1. The molecule has 276 valence electrons. The summed E-state index contributed by atoms with van der Waals surface area (Å²) in [6.07, 6.45) is 1.23. The largest absolute Gasteiger partial charge is 0.490 e. The summed E-state index contributed by atoms with van der Waals surface area (Å²) in [4.78, 5) is 31.0. The first-order valence-electron chi connectivity index (χ1n) is 17.1. The molecular weight excluding hydrogens is 698 g/mol. The Balaban J connectivity index is 1.16. The molecule has 0 spiro atoms. The Morgan fingerprint density at radius 3 is 2.53 bits per heavy atom. The molecule has 51 heavy (non-hydrogen) atoms. The molecular formula is C37H46ClN3O9S. The third kappa shape index (κ3) is 10.4. The van der Waals surface area contributed by atoms with Gasteiger partial charge in [-0.05, 0) is 85.7 Å². The topological polar surface area (TPSA) is 182 Å². The molecule has 3 aromatic rings. The van der Waals surface area contributed by atoms with Crippen molar-refractivity contribution >= 4 is 35.2 Å². The van der Waals surface area contributed by atoms with Crippen molar-refractivity contribution in [3.8, 4) is 16.9 Å². The minimum absolute atomic E-state index is 0.150. The Labute approximate surface area is 306 Å². The van der Waals surface area contributed by atoms with Crippen molar-refractivity contribution in [3.05, 3.63) is 77.1 Å². The number of hydrogen-bond acceptors (Lipinski definition) is 11. The average molecular weight is 744 g/mol. The van der Waals surface area contributed by atoms with Crippen LogP contribution < -0.4 is 10.1 Å². The maximum Gasteiger partial charge on any atom is 0.255 e. The summed E-state index contributed by atoms with van der Waals surface area (Å²) in [5, 5.41) is 52.2. The van der Waals surface area contributed by atoms with Gasteiger partial charge in [-0.3, -0.25) is 14.6 Å². The summed E-state index contributed by atoms with van der Waals surface area (Å²) in [6.45, 7) is 0.668. The minimum Gasteiger partial charge on any atom is -0.490 e. The van der Waals surface area contributed by atoms with Gasteiger partial charge in [-0.1, -0.05) is 29.8 Å². The Morgan fingerprint density at radius 2 is 1.82 bits per heavy atom. The van der Waals surface area contributed by atoms with Gasteiger partial charge in [0.25, 0.3) is 5.91 Å². The lowest BCUT2D eigenvalue weighted by Gasteiger charge is -2.30. The van der Waals surface area contributed by atoms with Gasteiger partial charge in [0.2, 0.25) is 5.91 Å². The van der Waals surface area contributed by atoms with E-state index >= 15 is 0 Å². The zero-order valence-electron chi connectivity index (χ0n) is 28.5. The second kappa shape index (κ2) is 18.0. The van der Waals surface area contributed by atoms with E-state index in [4.69, 9.17) is 26.2 Å². The quantitative estimate of drug-likeness (QED) is 0.0567. The van der Waals surface area contributed by atoms with Crippen LogP contribution in [0.2, 0.25) is 5.02 Å². The Kier molecular flexibility index (Phi) is 13.7. The molecule has 2 aliphatic carbocycles. The molecule has 1 aromatic heterocycles. The van der Waals surface area contributed by atoms with Gasteiger partial charge in [-0.2, -0.15) is 0 Å². The lowest BCUT2D eigenvalue weighted by atomic mass is 9.96. The van der Waals surface area contributed by atoms with E-state index in [1.54, 1.807) is 18.0 Å². The molecule has 0 radical (unpaired) electrons. The van der Waals surface area contributed by atoms with Gasteiger partial charge in [-0.25, -0.2) is 0 Å². The van der Waals surface area contributed by atoms with Crippen LogP contribution in [0.3, 0.4) is 0 Å². The molecule has 6 N–H and O–H groups in total. The Morgan fingerprint density at radius 1 is 1.06 bits per heavy atom. The number of benzene rings is 2. The Bertz CT molecular complexity index is 1640. The predicted octanol–water partition coefficient (Wildman–Crippen LogP) is 3.38. The third-order valence-electron chi connectivity index (χ3n) is 8.96. The van der Waals surface area contributed by atoms with Gasteiger partial charge in [0, 0.05) is 46.9 Å². The number of aromatic nitrogens is 1. The number of nitrogens with one attached hydrogen (secondary N) is 1. The smallest absolute Gasteiger partial charge is 0.255 e. The number of rotatable bonds is 20. The summed E-state index contributed by atoms with van der Waals surface area (Å²) in [5.41, 5.74) is 3.51. The second-order valence-corrected chi connectivity index (χ2v) is 14.6. The van der Waals surface area contributed by atoms with Gasteiger partial charge >= 0.3 is 0 Å². The summed E-state index contributed by atoms with van der Waals surface area (Å²) in [7, 11) is 0. The molecule has 0 saturated heterocycles. The molecule has 4 atom stereocenters. The van der Waals surface area contributed by atoms with Crippen LogP contribution in [0, 0.1) is 0 Å². The van der Waals surface area contributed by atoms with E-state index in [0.717, 1.165) is 63.5 Å². The first-order chi connectivity index (χ1) is 24.5. The van der Waals surface area contributed by atoms with Gasteiger partial charge in [0.15, 0.2) is 6.10 Å². The van der Waals surface area contributed by atoms with Crippen LogP contribution in [0.1, 0.15) is 56.6 Å². The maximum atomic E-state index is 12.9. The molecule has 0 bridgehead atoms. The fourth-order valence-electron chi connectivity index (χ4n) is 5.65. The number of ether oxygens (including phenoxy) is 2. The third-order valence-corrected chi connectivity index (χ3v) is 10.4. The molecule has 2 aliphatic rings. The van der Waals surface area contributed by atoms with Crippen molar-refractivity contribution in [1.29, 1.82) is 0 Å². The van der Waals surface area contributed by atoms with Crippen molar-refractivity contribution in [2.24, 2.45) is 0 Å². The molecule has 0 aliphatic heterocycles. The number of carbonyl (C=O) groups is 2. The molecule has 12 nitrogen and oxygen atoms in total. The lowest BCUT2D eigenvalue weighted by Crippen LogP contribution is -2.54. The van der Waals surface area contributed by atoms with Crippen LogP contribution in [0.15, 0.2) is 65.8 Å². The SMILES string of the molecule is CC(=O)NCN(CCCCSc1ccc(Cl)c(COC2(c3cnccc3-c3ccccc3OC3CC3)CC2)c1)C(=O)[C@@H](O)[C@@H](O)[C@H](O)[C@@H](O)CO. The number of aliphatic hydroxyl groups excluding tert-OH is 5. The van der Waals surface area contributed by atoms with Crippen LogP contribution in [0.5, 0.6) is 5.75 Å². The number of para-hydroxylation sites is 1. The molecule has 0 unspecified atom stereocenters. The highest BCUT2D eigenvalue weighted by Gasteiger charge is 2.48. The van der Waals surface area contributed by atoms with Gasteiger partial charge < -0.3 is 45.2 Å². The normalized spacial score (nSPS) is 17.2. The Hall–Kier alpha value is -3.27. The van der Waals surface area contributed by atoms with E-state index in [-0.39, 0.29) is 19.3 Å². The highest BCUT2D eigenvalue weighted by molar-refractivity contribution is 7.99. The van der Waals surface area contributed by atoms with E-state index in [2.05, 4.69) is 16.4 Å². The minimum atomic E-state index is -2.07. The van der Waals surface area contributed by atoms with Gasteiger partial charge in [-0.15, -0.1) is 11.8 Å².